The number of aliphatic imine (C=N–C) groups is 1. The van der Waals surface area contributed by atoms with Crippen molar-refractivity contribution in [2.24, 2.45) is 16.6 Å². The second-order valence-corrected chi connectivity index (χ2v) is 5.62. The molecule has 1 unspecified atom stereocenters. The van der Waals surface area contributed by atoms with Gasteiger partial charge in [0, 0.05) is 6.54 Å². The van der Waals surface area contributed by atoms with Crippen LogP contribution in [0.4, 0.5) is 0 Å². The van der Waals surface area contributed by atoms with E-state index in [1.54, 1.807) is 0 Å². The van der Waals surface area contributed by atoms with Gasteiger partial charge in [-0.25, -0.2) is 0 Å². The average molecular weight is 293 g/mol. The molecule has 1 rings (SSSR count). The van der Waals surface area contributed by atoms with Gasteiger partial charge in [-0.2, -0.15) is 0 Å². The van der Waals surface area contributed by atoms with E-state index in [1.807, 2.05) is 31.2 Å². The Labute approximate surface area is 127 Å². The second kappa shape index (κ2) is 9.23. The molecule has 21 heavy (non-hydrogen) atoms. The van der Waals surface area contributed by atoms with Crippen LogP contribution in [0.2, 0.25) is 0 Å². The molecule has 118 valence electrons. The lowest BCUT2D eigenvalue weighted by molar-refractivity contribution is 0.114. The molecule has 0 spiro atoms. The Morgan fingerprint density at radius 3 is 2.86 bits per heavy atom. The fraction of sp³-hybridized carbons (Fsp3) is 0.562. The van der Waals surface area contributed by atoms with Gasteiger partial charge < -0.3 is 20.9 Å². The minimum Gasteiger partial charge on any atom is -0.491 e. The SMILES string of the molecule is Cc1cccc(OCC(O)CN=C(N)NCCC(C)C)c1. The summed E-state index contributed by atoms with van der Waals surface area (Å²) in [7, 11) is 0. The van der Waals surface area contributed by atoms with Gasteiger partial charge in [0.25, 0.3) is 0 Å². The van der Waals surface area contributed by atoms with Gasteiger partial charge in [-0.1, -0.05) is 26.0 Å². The number of rotatable bonds is 8. The summed E-state index contributed by atoms with van der Waals surface area (Å²) in [6, 6.07) is 7.71. The zero-order chi connectivity index (χ0) is 15.7. The van der Waals surface area contributed by atoms with E-state index in [9.17, 15) is 5.11 Å². The molecule has 1 atom stereocenters. The van der Waals surface area contributed by atoms with Crippen LogP contribution in [0, 0.1) is 12.8 Å². The molecule has 5 heteroatoms. The topological polar surface area (TPSA) is 79.9 Å². The zero-order valence-electron chi connectivity index (χ0n) is 13.2. The highest BCUT2D eigenvalue weighted by Gasteiger charge is 2.05. The quantitative estimate of drug-likeness (QED) is 0.503. The Morgan fingerprint density at radius 2 is 2.19 bits per heavy atom. The smallest absolute Gasteiger partial charge is 0.188 e. The van der Waals surface area contributed by atoms with Crippen molar-refractivity contribution in [1.29, 1.82) is 0 Å². The van der Waals surface area contributed by atoms with Gasteiger partial charge in [0.15, 0.2) is 5.96 Å². The van der Waals surface area contributed by atoms with Crippen LogP contribution in [0.25, 0.3) is 0 Å². The van der Waals surface area contributed by atoms with Crippen molar-refractivity contribution in [1.82, 2.24) is 5.32 Å². The van der Waals surface area contributed by atoms with Crippen molar-refractivity contribution >= 4 is 5.96 Å². The largest absolute Gasteiger partial charge is 0.491 e. The van der Waals surface area contributed by atoms with E-state index in [0.717, 1.165) is 24.3 Å². The second-order valence-electron chi connectivity index (χ2n) is 5.62. The zero-order valence-corrected chi connectivity index (χ0v) is 13.2. The molecule has 0 aliphatic rings. The van der Waals surface area contributed by atoms with Crippen LogP contribution in [0.1, 0.15) is 25.8 Å². The van der Waals surface area contributed by atoms with Crippen LogP contribution in [0.5, 0.6) is 5.75 Å². The summed E-state index contributed by atoms with van der Waals surface area (Å²) in [5, 5.41) is 12.9. The van der Waals surface area contributed by atoms with Crippen LogP contribution in [-0.2, 0) is 0 Å². The van der Waals surface area contributed by atoms with E-state index >= 15 is 0 Å². The first-order valence-electron chi connectivity index (χ1n) is 7.38. The monoisotopic (exact) mass is 293 g/mol. The van der Waals surface area contributed by atoms with Crippen molar-refractivity contribution in [3.05, 3.63) is 29.8 Å². The maximum Gasteiger partial charge on any atom is 0.188 e. The highest BCUT2D eigenvalue weighted by atomic mass is 16.5. The summed E-state index contributed by atoms with van der Waals surface area (Å²) in [6.07, 6.45) is 0.367. The fourth-order valence-electron chi connectivity index (χ4n) is 1.70. The third-order valence-corrected chi connectivity index (χ3v) is 2.93. The molecule has 0 heterocycles. The number of hydrogen-bond acceptors (Lipinski definition) is 3. The number of benzene rings is 1. The first kappa shape index (κ1) is 17.3. The summed E-state index contributed by atoms with van der Waals surface area (Å²) >= 11 is 0. The highest BCUT2D eigenvalue weighted by Crippen LogP contribution is 2.12. The summed E-state index contributed by atoms with van der Waals surface area (Å²) in [5.74, 6) is 1.74. The lowest BCUT2D eigenvalue weighted by Gasteiger charge is -2.12. The van der Waals surface area contributed by atoms with Gasteiger partial charge in [0.2, 0.25) is 0 Å². The molecule has 0 amide bonds. The molecule has 0 aliphatic heterocycles. The third kappa shape index (κ3) is 8.19. The molecular formula is C16H27N3O2. The summed E-state index contributed by atoms with van der Waals surface area (Å²) in [5.41, 5.74) is 6.85. The van der Waals surface area contributed by atoms with Gasteiger partial charge >= 0.3 is 0 Å². The van der Waals surface area contributed by atoms with Crippen LogP contribution in [0.15, 0.2) is 29.3 Å². The first-order valence-corrected chi connectivity index (χ1v) is 7.38. The van der Waals surface area contributed by atoms with Crippen molar-refractivity contribution in [3.8, 4) is 5.75 Å². The third-order valence-electron chi connectivity index (χ3n) is 2.93. The Balaban J connectivity index is 2.25. The normalized spacial score (nSPS) is 13.3. The van der Waals surface area contributed by atoms with Gasteiger partial charge in [-0.15, -0.1) is 0 Å². The van der Waals surface area contributed by atoms with Crippen LogP contribution >= 0.6 is 0 Å². The highest BCUT2D eigenvalue weighted by molar-refractivity contribution is 5.77. The Morgan fingerprint density at radius 1 is 1.43 bits per heavy atom. The number of nitrogens with two attached hydrogens (primary N) is 1. The van der Waals surface area contributed by atoms with E-state index in [-0.39, 0.29) is 13.2 Å². The lowest BCUT2D eigenvalue weighted by atomic mass is 10.1. The predicted molar refractivity (Wildman–Crippen MR) is 86.6 cm³/mol. The fourth-order valence-corrected chi connectivity index (χ4v) is 1.70. The predicted octanol–water partition coefficient (Wildman–Crippen LogP) is 1.69. The van der Waals surface area contributed by atoms with E-state index < -0.39 is 6.10 Å². The Hall–Kier alpha value is -1.75. The molecule has 0 saturated carbocycles. The van der Waals surface area contributed by atoms with E-state index in [0.29, 0.717) is 11.9 Å². The summed E-state index contributed by atoms with van der Waals surface area (Å²) in [6.45, 7) is 7.53. The van der Waals surface area contributed by atoms with Crippen molar-refractivity contribution in [2.45, 2.75) is 33.3 Å². The number of nitrogens with one attached hydrogen (secondary N) is 1. The Kier molecular flexibility index (Phi) is 7.61. The molecule has 0 saturated heterocycles. The van der Waals surface area contributed by atoms with Crippen LogP contribution in [-0.4, -0.2) is 36.9 Å². The number of aliphatic hydroxyl groups is 1. The Bertz CT molecular complexity index is 447. The standard InChI is InChI=1S/C16H27N3O2/c1-12(2)7-8-18-16(17)19-10-14(20)11-21-15-6-4-5-13(3)9-15/h4-6,9,12,14,20H,7-8,10-11H2,1-3H3,(H3,17,18,19). The van der Waals surface area contributed by atoms with Crippen molar-refractivity contribution < 1.29 is 9.84 Å². The van der Waals surface area contributed by atoms with Gasteiger partial charge in [-0.05, 0) is 37.0 Å². The number of ether oxygens (including phenoxy) is 1. The number of guanidine groups is 1. The molecule has 0 bridgehead atoms. The molecule has 1 aromatic carbocycles. The van der Waals surface area contributed by atoms with E-state index in [1.165, 1.54) is 0 Å². The molecule has 0 aliphatic carbocycles. The number of aryl methyl sites for hydroxylation is 1. The molecule has 4 N–H and O–H groups in total. The van der Waals surface area contributed by atoms with Crippen LogP contribution in [0.3, 0.4) is 0 Å². The maximum absolute atomic E-state index is 9.83. The number of nitrogens with zero attached hydrogens (tertiary/aromatic N) is 1. The minimum absolute atomic E-state index is 0.201. The summed E-state index contributed by atoms with van der Waals surface area (Å²) in [4.78, 5) is 4.10. The first-order chi connectivity index (χ1) is 9.97. The van der Waals surface area contributed by atoms with E-state index in [2.05, 4.69) is 24.2 Å². The number of aliphatic hydroxyl groups excluding tert-OH is 1. The number of hydrogen-bond donors (Lipinski definition) is 3. The molecule has 5 nitrogen and oxygen atoms in total. The van der Waals surface area contributed by atoms with Gasteiger partial charge in [-0.3, -0.25) is 4.99 Å². The summed E-state index contributed by atoms with van der Waals surface area (Å²) < 4.78 is 5.51. The maximum atomic E-state index is 9.83. The molecular weight excluding hydrogens is 266 g/mol. The average Bonchev–Trinajstić information content (AvgIpc) is 2.42. The van der Waals surface area contributed by atoms with E-state index in [4.69, 9.17) is 10.5 Å². The lowest BCUT2D eigenvalue weighted by Crippen LogP contribution is -2.34. The van der Waals surface area contributed by atoms with Crippen molar-refractivity contribution in [2.75, 3.05) is 19.7 Å². The van der Waals surface area contributed by atoms with Gasteiger partial charge in [0.05, 0.1) is 6.54 Å². The van der Waals surface area contributed by atoms with Crippen LogP contribution < -0.4 is 15.8 Å². The van der Waals surface area contributed by atoms with Gasteiger partial charge in [0.1, 0.15) is 18.5 Å². The molecule has 0 aromatic heterocycles. The molecule has 0 fully saturated rings. The van der Waals surface area contributed by atoms with Crippen molar-refractivity contribution in [3.63, 3.8) is 0 Å². The minimum atomic E-state index is -0.670. The molecule has 0 radical (unpaired) electrons. The molecule has 1 aromatic rings.